The second-order valence-corrected chi connectivity index (χ2v) is 4.77. The number of methoxy groups -OCH3 is 1. The molecule has 1 saturated carbocycles. The van der Waals surface area contributed by atoms with Crippen molar-refractivity contribution in [1.82, 2.24) is 9.97 Å². The number of hydrazine groups is 1. The van der Waals surface area contributed by atoms with Gasteiger partial charge in [-0.05, 0) is 37.1 Å². The molecule has 2 aromatic rings. The molecule has 0 atom stereocenters. The Morgan fingerprint density at radius 3 is 2.45 bits per heavy atom. The molecule has 1 aliphatic rings. The second kappa shape index (κ2) is 5.34. The van der Waals surface area contributed by atoms with Crippen LogP contribution in [-0.4, -0.2) is 17.1 Å². The smallest absolute Gasteiger partial charge is 0.145 e. The van der Waals surface area contributed by atoms with Gasteiger partial charge in [-0.25, -0.2) is 15.8 Å². The van der Waals surface area contributed by atoms with Gasteiger partial charge in [0, 0.05) is 17.7 Å². The normalized spacial score (nSPS) is 13.9. The van der Waals surface area contributed by atoms with Crippen LogP contribution in [0.4, 0.5) is 17.3 Å². The first-order valence-electron chi connectivity index (χ1n) is 6.55. The van der Waals surface area contributed by atoms with E-state index in [1.807, 2.05) is 24.3 Å². The lowest BCUT2D eigenvalue weighted by molar-refractivity contribution is 0.415. The van der Waals surface area contributed by atoms with Crippen LogP contribution in [0.5, 0.6) is 5.75 Å². The summed E-state index contributed by atoms with van der Waals surface area (Å²) in [4.78, 5) is 8.91. The molecule has 3 rings (SSSR count). The van der Waals surface area contributed by atoms with E-state index in [0.29, 0.717) is 11.7 Å². The standard InChI is InChI=1S/C14H17N5O/c1-20-11-6-4-10(5-7-11)16-12-8-13(19-15)18-14(17-12)9-2-3-9/h4-9H,2-3,15H2,1H3,(H2,16,17,18,19). The van der Waals surface area contributed by atoms with E-state index in [1.165, 1.54) is 0 Å². The molecular formula is C14H17N5O. The minimum atomic E-state index is 0.472. The summed E-state index contributed by atoms with van der Waals surface area (Å²) in [5.74, 6) is 8.95. The highest BCUT2D eigenvalue weighted by Crippen LogP contribution is 2.39. The number of ether oxygens (including phenoxy) is 1. The number of hydrogen-bond acceptors (Lipinski definition) is 6. The molecule has 1 aromatic carbocycles. The maximum atomic E-state index is 5.45. The number of anilines is 3. The lowest BCUT2D eigenvalue weighted by Gasteiger charge is -2.10. The molecule has 1 fully saturated rings. The highest BCUT2D eigenvalue weighted by atomic mass is 16.5. The molecule has 6 nitrogen and oxygen atoms in total. The van der Waals surface area contributed by atoms with Crippen molar-refractivity contribution in [3.8, 4) is 5.75 Å². The Hall–Kier alpha value is -2.34. The molecule has 0 radical (unpaired) electrons. The van der Waals surface area contributed by atoms with Gasteiger partial charge in [-0.3, -0.25) is 0 Å². The SMILES string of the molecule is COc1ccc(Nc2cc(NN)nc(C3CC3)n2)cc1. The van der Waals surface area contributed by atoms with Gasteiger partial charge in [-0.1, -0.05) is 0 Å². The number of hydrogen-bond donors (Lipinski definition) is 3. The number of nitrogen functional groups attached to an aromatic ring is 1. The maximum Gasteiger partial charge on any atom is 0.145 e. The number of rotatable bonds is 5. The van der Waals surface area contributed by atoms with Crippen LogP contribution in [0.15, 0.2) is 30.3 Å². The molecule has 0 unspecified atom stereocenters. The van der Waals surface area contributed by atoms with Crippen LogP contribution < -0.4 is 21.3 Å². The highest BCUT2D eigenvalue weighted by molar-refractivity contribution is 5.60. The topological polar surface area (TPSA) is 85.1 Å². The van der Waals surface area contributed by atoms with Crippen molar-refractivity contribution in [2.45, 2.75) is 18.8 Å². The summed E-state index contributed by atoms with van der Waals surface area (Å²) in [7, 11) is 1.65. The van der Waals surface area contributed by atoms with Crippen LogP contribution in [0.25, 0.3) is 0 Å². The van der Waals surface area contributed by atoms with Crippen molar-refractivity contribution in [1.29, 1.82) is 0 Å². The van der Waals surface area contributed by atoms with Gasteiger partial charge in [0.2, 0.25) is 0 Å². The fourth-order valence-electron chi connectivity index (χ4n) is 1.95. The van der Waals surface area contributed by atoms with Crippen LogP contribution in [0.2, 0.25) is 0 Å². The summed E-state index contributed by atoms with van der Waals surface area (Å²) in [6, 6.07) is 9.46. The lowest BCUT2D eigenvalue weighted by Crippen LogP contribution is -2.11. The van der Waals surface area contributed by atoms with Gasteiger partial charge in [0.1, 0.15) is 23.2 Å². The van der Waals surface area contributed by atoms with Gasteiger partial charge in [-0.2, -0.15) is 0 Å². The average molecular weight is 271 g/mol. The summed E-state index contributed by atoms with van der Waals surface area (Å²) >= 11 is 0. The van der Waals surface area contributed by atoms with Gasteiger partial charge in [0.15, 0.2) is 0 Å². The van der Waals surface area contributed by atoms with Gasteiger partial charge < -0.3 is 15.5 Å². The summed E-state index contributed by atoms with van der Waals surface area (Å²) in [5, 5.41) is 3.25. The van der Waals surface area contributed by atoms with E-state index in [0.717, 1.165) is 35.9 Å². The molecule has 4 N–H and O–H groups in total. The Labute approximate surface area is 117 Å². The minimum absolute atomic E-state index is 0.472. The molecule has 0 spiro atoms. The van der Waals surface area contributed by atoms with Gasteiger partial charge in [0.05, 0.1) is 7.11 Å². The van der Waals surface area contributed by atoms with Crippen LogP contribution in [0.3, 0.4) is 0 Å². The first-order chi connectivity index (χ1) is 9.78. The monoisotopic (exact) mass is 271 g/mol. The summed E-state index contributed by atoms with van der Waals surface area (Å²) in [6.07, 6.45) is 2.30. The molecule has 20 heavy (non-hydrogen) atoms. The predicted octanol–water partition coefficient (Wildman–Crippen LogP) is 2.39. The first kappa shape index (κ1) is 12.7. The predicted molar refractivity (Wildman–Crippen MR) is 78.1 cm³/mol. The Balaban J connectivity index is 1.83. The van der Waals surface area contributed by atoms with Crippen LogP contribution in [-0.2, 0) is 0 Å². The zero-order valence-corrected chi connectivity index (χ0v) is 11.3. The molecule has 0 aliphatic heterocycles. The van der Waals surface area contributed by atoms with E-state index in [4.69, 9.17) is 10.6 Å². The van der Waals surface area contributed by atoms with Gasteiger partial charge in [-0.15, -0.1) is 0 Å². The van der Waals surface area contributed by atoms with Gasteiger partial charge >= 0.3 is 0 Å². The van der Waals surface area contributed by atoms with E-state index in [-0.39, 0.29) is 0 Å². The Morgan fingerprint density at radius 2 is 1.85 bits per heavy atom. The fourth-order valence-corrected chi connectivity index (χ4v) is 1.95. The van der Waals surface area contributed by atoms with Crippen molar-refractivity contribution < 1.29 is 4.74 Å². The number of aromatic nitrogens is 2. The van der Waals surface area contributed by atoms with E-state index in [2.05, 4.69) is 20.7 Å². The summed E-state index contributed by atoms with van der Waals surface area (Å²) in [6.45, 7) is 0. The maximum absolute atomic E-state index is 5.45. The van der Waals surface area contributed by atoms with Crippen molar-refractivity contribution in [3.05, 3.63) is 36.2 Å². The van der Waals surface area contributed by atoms with E-state index in [1.54, 1.807) is 13.2 Å². The van der Waals surface area contributed by atoms with Gasteiger partial charge in [0.25, 0.3) is 0 Å². The molecule has 6 heteroatoms. The number of benzene rings is 1. The van der Waals surface area contributed by atoms with Crippen molar-refractivity contribution in [2.75, 3.05) is 17.9 Å². The number of nitrogens with two attached hydrogens (primary N) is 1. The van der Waals surface area contributed by atoms with Crippen molar-refractivity contribution >= 4 is 17.3 Å². The Bertz CT molecular complexity index is 595. The number of nitrogens with zero attached hydrogens (tertiary/aromatic N) is 2. The number of nitrogens with one attached hydrogen (secondary N) is 2. The molecule has 0 amide bonds. The van der Waals surface area contributed by atoms with Crippen LogP contribution >= 0.6 is 0 Å². The highest BCUT2D eigenvalue weighted by Gasteiger charge is 2.27. The Morgan fingerprint density at radius 1 is 1.15 bits per heavy atom. The van der Waals surface area contributed by atoms with E-state index >= 15 is 0 Å². The first-order valence-corrected chi connectivity index (χ1v) is 6.55. The summed E-state index contributed by atoms with van der Waals surface area (Å²) < 4.78 is 5.13. The molecule has 1 aliphatic carbocycles. The lowest BCUT2D eigenvalue weighted by atomic mass is 10.3. The minimum Gasteiger partial charge on any atom is -0.497 e. The second-order valence-electron chi connectivity index (χ2n) is 4.77. The van der Waals surface area contributed by atoms with Crippen molar-refractivity contribution in [2.24, 2.45) is 5.84 Å². The third-order valence-corrected chi connectivity index (χ3v) is 3.20. The fraction of sp³-hybridized carbons (Fsp3) is 0.286. The van der Waals surface area contributed by atoms with Crippen LogP contribution in [0.1, 0.15) is 24.6 Å². The summed E-state index contributed by atoms with van der Waals surface area (Å²) in [5.41, 5.74) is 3.52. The quantitative estimate of drug-likeness (QED) is 0.572. The van der Waals surface area contributed by atoms with E-state index in [9.17, 15) is 0 Å². The third kappa shape index (κ3) is 2.80. The largest absolute Gasteiger partial charge is 0.497 e. The zero-order chi connectivity index (χ0) is 13.9. The third-order valence-electron chi connectivity index (χ3n) is 3.20. The average Bonchev–Trinajstić information content (AvgIpc) is 3.32. The molecule has 0 saturated heterocycles. The Kier molecular flexibility index (Phi) is 3.39. The van der Waals surface area contributed by atoms with Crippen molar-refractivity contribution in [3.63, 3.8) is 0 Å². The molecule has 0 bridgehead atoms. The zero-order valence-electron chi connectivity index (χ0n) is 11.3. The molecule has 104 valence electrons. The van der Waals surface area contributed by atoms with Crippen LogP contribution in [0, 0.1) is 0 Å². The molecular weight excluding hydrogens is 254 g/mol. The molecule has 1 aromatic heterocycles. The molecule has 1 heterocycles. The van der Waals surface area contributed by atoms with E-state index < -0.39 is 0 Å².